The molecular weight excluding hydrogens is 442 g/mol. The third-order valence-electron chi connectivity index (χ3n) is 4.64. The van der Waals surface area contributed by atoms with E-state index < -0.39 is 23.1 Å². The number of guanidine groups is 1. The first kappa shape index (κ1) is 24.8. The lowest BCUT2D eigenvalue weighted by molar-refractivity contribution is -0.118. The molecule has 0 spiro atoms. The molecule has 10 heteroatoms. The predicted octanol–water partition coefficient (Wildman–Crippen LogP) is 3.84. The number of benzene rings is 2. The van der Waals surface area contributed by atoms with E-state index >= 15 is 0 Å². The SMILES string of the molecule is CC(=O)NCCCn1nc(NC(=NC(C)(C)C)NC(=O)c2cccc(F)c2)c2ccc(F)cc21. The zero-order valence-electron chi connectivity index (χ0n) is 19.6. The Labute approximate surface area is 196 Å². The summed E-state index contributed by atoms with van der Waals surface area (Å²) in [7, 11) is 0. The standard InChI is InChI=1S/C24H28F2N6O2/c1-15(33)27-11-6-12-32-20-14-18(26)9-10-19(20)21(31-32)28-23(30-24(2,3)4)29-22(34)16-7-5-8-17(25)13-16/h5,7-10,13-14H,6,11-12H2,1-4H3,(H,27,33)(H2,28,29,30,31,34). The first-order valence-electron chi connectivity index (χ1n) is 10.9. The molecule has 0 aliphatic carbocycles. The maximum atomic E-state index is 14.0. The van der Waals surface area contributed by atoms with Gasteiger partial charge < -0.3 is 10.6 Å². The molecule has 1 heterocycles. The van der Waals surface area contributed by atoms with Gasteiger partial charge in [0.15, 0.2) is 5.82 Å². The Morgan fingerprint density at radius 3 is 2.50 bits per heavy atom. The number of amides is 2. The minimum Gasteiger partial charge on any atom is -0.356 e. The van der Waals surface area contributed by atoms with Crippen LogP contribution in [-0.2, 0) is 11.3 Å². The Kier molecular flexibility index (Phi) is 7.60. The molecule has 1 aromatic heterocycles. The first-order valence-corrected chi connectivity index (χ1v) is 10.9. The van der Waals surface area contributed by atoms with Crippen molar-refractivity contribution in [3.8, 4) is 0 Å². The molecule has 8 nitrogen and oxygen atoms in total. The number of aliphatic imine (C=N–C) groups is 1. The molecule has 3 rings (SSSR count). The summed E-state index contributed by atoms with van der Waals surface area (Å²) in [6, 6.07) is 9.61. The maximum Gasteiger partial charge on any atom is 0.258 e. The largest absolute Gasteiger partial charge is 0.356 e. The number of nitrogens with one attached hydrogen (secondary N) is 3. The number of carbonyl (C=O) groups is 2. The maximum absolute atomic E-state index is 14.0. The average molecular weight is 471 g/mol. The minimum atomic E-state index is -0.555. The van der Waals surface area contributed by atoms with E-state index in [-0.39, 0.29) is 17.4 Å². The van der Waals surface area contributed by atoms with Gasteiger partial charge in [-0.25, -0.2) is 13.8 Å². The van der Waals surface area contributed by atoms with E-state index in [1.54, 1.807) is 10.7 Å². The number of hydrogen-bond acceptors (Lipinski definition) is 4. The summed E-state index contributed by atoms with van der Waals surface area (Å²) in [4.78, 5) is 28.3. The monoisotopic (exact) mass is 470 g/mol. The molecule has 0 bridgehead atoms. The van der Waals surface area contributed by atoms with Crippen LogP contribution in [0.4, 0.5) is 14.6 Å². The molecule has 0 aliphatic heterocycles. The summed E-state index contributed by atoms with van der Waals surface area (Å²) in [5.41, 5.74) is 0.135. The van der Waals surface area contributed by atoms with E-state index in [1.807, 2.05) is 20.8 Å². The van der Waals surface area contributed by atoms with Crippen LogP contribution in [0.15, 0.2) is 47.5 Å². The number of fused-ring (bicyclic) bond motifs is 1. The van der Waals surface area contributed by atoms with Crippen molar-refractivity contribution in [1.82, 2.24) is 20.4 Å². The number of aromatic nitrogens is 2. The molecular formula is C24H28F2N6O2. The Morgan fingerprint density at radius 1 is 1.09 bits per heavy atom. The zero-order valence-corrected chi connectivity index (χ0v) is 19.6. The van der Waals surface area contributed by atoms with Crippen molar-refractivity contribution in [2.24, 2.45) is 4.99 Å². The van der Waals surface area contributed by atoms with Crippen molar-refractivity contribution in [3.63, 3.8) is 0 Å². The highest BCUT2D eigenvalue weighted by Gasteiger charge is 2.18. The van der Waals surface area contributed by atoms with Gasteiger partial charge in [-0.3, -0.25) is 19.6 Å². The topological polar surface area (TPSA) is 100 Å². The molecule has 0 radical (unpaired) electrons. The van der Waals surface area contributed by atoms with E-state index in [0.717, 1.165) is 6.07 Å². The van der Waals surface area contributed by atoms with Crippen LogP contribution >= 0.6 is 0 Å². The molecule has 3 N–H and O–H groups in total. The van der Waals surface area contributed by atoms with E-state index in [1.165, 1.54) is 37.3 Å². The summed E-state index contributed by atoms with van der Waals surface area (Å²) in [6.45, 7) is 7.90. The van der Waals surface area contributed by atoms with Crippen LogP contribution in [0, 0.1) is 11.6 Å². The van der Waals surface area contributed by atoms with Crippen molar-refractivity contribution < 1.29 is 18.4 Å². The van der Waals surface area contributed by atoms with Gasteiger partial charge in [0.2, 0.25) is 11.9 Å². The van der Waals surface area contributed by atoms with Crippen LogP contribution in [0.3, 0.4) is 0 Å². The molecule has 0 aliphatic rings. The highest BCUT2D eigenvalue weighted by molar-refractivity contribution is 6.11. The van der Waals surface area contributed by atoms with Gasteiger partial charge in [-0.05, 0) is 63.6 Å². The molecule has 0 atom stereocenters. The predicted molar refractivity (Wildman–Crippen MR) is 128 cm³/mol. The van der Waals surface area contributed by atoms with Crippen molar-refractivity contribution >= 4 is 34.5 Å². The molecule has 3 aromatic rings. The van der Waals surface area contributed by atoms with Crippen molar-refractivity contribution in [2.45, 2.75) is 46.2 Å². The Bertz CT molecular complexity index is 1230. The van der Waals surface area contributed by atoms with Gasteiger partial charge in [0.25, 0.3) is 5.91 Å². The molecule has 0 fully saturated rings. The van der Waals surface area contributed by atoms with Gasteiger partial charge in [-0.2, -0.15) is 5.10 Å². The Hall–Kier alpha value is -3.82. The molecule has 0 unspecified atom stereocenters. The lowest BCUT2D eigenvalue weighted by Gasteiger charge is -2.17. The minimum absolute atomic E-state index is 0.121. The zero-order chi connectivity index (χ0) is 24.9. The summed E-state index contributed by atoms with van der Waals surface area (Å²) >= 11 is 0. The average Bonchev–Trinajstić information content (AvgIpc) is 3.06. The first-order chi connectivity index (χ1) is 16.0. The van der Waals surface area contributed by atoms with Crippen LogP contribution in [0.1, 0.15) is 44.5 Å². The lowest BCUT2D eigenvalue weighted by atomic mass is 10.1. The normalized spacial score (nSPS) is 12.0. The van der Waals surface area contributed by atoms with Gasteiger partial charge in [-0.15, -0.1) is 0 Å². The van der Waals surface area contributed by atoms with Crippen LogP contribution in [0.25, 0.3) is 10.9 Å². The molecule has 0 saturated carbocycles. The van der Waals surface area contributed by atoms with Gasteiger partial charge in [0.05, 0.1) is 11.1 Å². The van der Waals surface area contributed by atoms with E-state index in [4.69, 9.17) is 0 Å². The second-order valence-corrected chi connectivity index (χ2v) is 8.79. The molecule has 180 valence electrons. The highest BCUT2D eigenvalue weighted by atomic mass is 19.1. The summed E-state index contributed by atoms with van der Waals surface area (Å²) in [5, 5.41) is 13.6. The third kappa shape index (κ3) is 6.84. The number of halogens is 2. The quantitative estimate of drug-likeness (QED) is 0.290. The lowest BCUT2D eigenvalue weighted by Crippen LogP contribution is -2.38. The van der Waals surface area contributed by atoms with Crippen LogP contribution in [0.5, 0.6) is 0 Å². The van der Waals surface area contributed by atoms with Crippen molar-refractivity contribution in [3.05, 3.63) is 59.7 Å². The molecule has 2 amide bonds. The van der Waals surface area contributed by atoms with Crippen LogP contribution in [0.2, 0.25) is 0 Å². The Morgan fingerprint density at radius 2 is 1.82 bits per heavy atom. The third-order valence-corrected chi connectivity index (χ3v) is 4.64. The van der Waals surface area contributed by atoms with E-state index in [0.29, 0.717) is 36.2 Å². The fourth-order valence-electron chi connectivity index (χ4n) is 3.25. The van der Waals surface area contributed by atoms with Gasteiger partial charge in [0, 0.05) is 31.0 Å². The second kappa shape index (κ2) is 10.4. The van der Waals surface area contributed by atoms with Gasteiger partial charge in [0.1, 0.15) is 11.6 Å². The van der Waals surface area contributed by atoms with Crippen LogP contribution < -0.4 is 16.0 Å². The number of anilines is 1. The van der Waals surface area contributed by atoms with Crippen LogP contribution in [-0.4, -0.2) is 39.6 Å². The molecule has 34 heavy (non-hydrogen) atoms. The van der Waals surface area contributed by atoms with E-state index in [9.17, 15) is 18.4 Å². The van der Waals surface area contributed by atoms with Gasteiger partial charge >= 0.3 is 0 Å². The number of hydrogen-bond donors (Lipinski definition) is 3. The fourth-order valence-corrected chi connectivity index (χ4v) is 3.25. The Balaban J connectivity index is 1.90. The number of nitrogens with zero attached hydrogens (tertiary/aromatic N) is 3. The summed E-state index contributed by atoms with van der Waals surface area (Å²) in [6.07, 6.45) is 0.589. The van der Waals surface area contributed by atoms with Crippen molar-refractivity contribution in [2.75, 3.05) is 11.9 Å². The summed E-state index contributed by atoms with van der Waals surface area (Å²) in [5.74, 6) is -1.12. The summed E-state index contributed by atoms with van der Waals surface area (Å²) < 4.78 is 29.2. The second-order valence-electron chi connectivity index (χ2n) is 8.79. The van der Waals surface area contributed by atoms with Gasteiger partial charge in [-0.1, -0.05) is 6.07 Å². The molecule has 2 aromatic carbocycles. The van der Waals surface area contributed by atoms with Crippen molar-refractivity contribution in [1.29, 1.82) is 0 Å². The smallest absolute Gasteiger partial charge is 0.258 e. The fraction of sp³-hybridized carbons (Fsp3) is 0.333. The molecule has 0 saturated heterocycles. The highest BCUT2D eigenvalue weighted by Crippen LogP contribution is 2.24. The number of aryl methyl sites for hydroxylation is 1. The number of carbonyl (C=O) groups excluding carboxylic acids is 2. The van der Waals surface area contributed by atoms with E-state index in [2.05, 4.69) is 26.0 Å². The number of rotatable bonds is 6.